The van der Waals surface area contributed by atoms with E-state index in [0.717, 1.165) is 5.56 Å². The highest BCUT2D eigenvalue weighted by Gasteiger charge is 2.24. The minimum Gasteiger partial charge on any atom is -0.462 e. The van der Waals surface area contributed by atoms with E-state index in [1.54, 1.807) is 0 Å². The van der Waals surface area contributed by atoms with Crippen molar-refractivity contribution >= 4 is 27.6 Å². The van der Waals surface area contributed by atoms with E-state index in [4.69, 9.17) is 16.3 Å². The number of nitrogens with zero attached hydrogens (tertiary/aromatic N) is 1. The second-order valence-corrected chi connectivity index (χ2v) is 8.83. The van der Waals surface area contributed by atoms with Crippen LogP contribution in [0.2, 0.25) is 5.02 Å². The number of hydrogen-bond donors (Lipinski definition) is 0. The van der Waals surface area contributed by atoms with Crippen LogP contribution in [-0.2, 0) is 21.3 Å². The summed E-state index contributed by atoms with van der Waals surface area (Å²) < 4.78 is 32.0. The number of sulfonamides is 1. The first-order valence-electron chi connectivity index (χ1n) is 8.18. The molecule has 2 rings (SSSR count). The first-order valence-corrected chi connectivity index (χ1v) is 10.0. The maximum Gasteiger partial charge on any atom is 0.339 e. The average molecular weight is 396 g/mol. The van der Waals surface area contributed by atoms with Gasteiger partial charge in [0.25, 0.3) is 0 Å². The van der Waals surface area contributed by atoms with Gasteiger partial charge in [0.05, 0.1) is 22.1 Å². The lowest BCUT2D eigenvalue weighted by molar-refractivity contribution is 0.0459. The van der Waals surface area contributed by atoms with Crippen molar-refractivity contribution in [2.24, 2.45) is 5.92 Å². The van der Waals surface area contributed by atoms with Crippen LogP contribution in [0.5, 0.6) is 0 Å². The summed E-state index contributed by atoms with van der Waals surface area (Å²) in [6.07, 6.45) is 0. The molecule has 0 spiro atoms. The standard InChI is InChI=1S/C19H22ClNO4S/c1-14(2)13-25-19(22)17-11-16(9-10-18(17)20)26(23,24)21(3)12-15-7-5-4-6-8-15/h4-11,14H,12-13H2,1-3H3. The lowest BCUT2D eigenvalue weighted by Gasteiger charge is -2.18. The number of halogens is 1. The van der Waals surface area contributed by atoms with E-state index >= 15 is 0 Å². The molecule has 0 atom stereocenters. The maximum atomic E-state index is 12.8. The fourth-order valence-corrected chi connectivity index (χ4v) is 3.63. The average Bonchev–Trinajstić information content (AvgIpc) is 2.60. The molecule has 0 aliphatic heterocycles. The second kappa shape index (κ2) is 8.66. The van der Waals surface area contributed by atoms with Crippen molar-refractivity contribution in [1.82, 2.24) is 4.31 Å². The second-order valence-electron chi connectivity index (χ2n) is 6.38. The maximum absolute atomic E-state index is 12.8. The Bertz CT molecular complexity index is 866. The number of rotatable bonds is 7. The Balaban J connectivity index is 2.26. The third-order valence-corrected chi connectivity index (χ3v) is 5.79. The van der Waals surface area contributed by atoms with Crippen LogP contribution >= 0.6 is 11.6 Å². The quantitative estimate of drug-likeness (QED) is 0.665. The molecule has 0 unspecified atom stereocenters. The molecule has 0 aliphatic rings. The molecule has 0 amide bonds. The number of esters is 1. The van der Waals surface area contributed by atoms with Crippen molar-refractivity contribution in [1.29, 1.82) is 0 Å². The van der Waals surface area contributed by atoms with Crippen LogP contribution < -0.4 is 0 Å². The van der Waals surface area contributed by atoms with E-state index in [-0.39, 0.29) is 34.6 Å². The summed E-state index contributed by atoms with van der Waals surface area (Å²) >= 11 is 6.06. The molecule has 0 aliphatic carbocycles. The Labute approximate surface area is 159 Å². The van der Waals surface area contributed by atoms with Gasteiger partial charge in [-0.3, -0.25) is 0 Å². The van der Waals surface area contributed by atoms with Gasteiger partial charge in [-0.15, -0.1) is 0 Å². The van der Waals surface area contributed by atoms with Crippen molar-refractivity contribution in [2.45, 2.75) is 25.3 Å². The molecule has 0 aromatic heterocycles. The van der Waals surface area contributed by atoms with Crippen LogP contribution in [0.15, 0.2) is 53.4 Å². The first-order chi connectivity index (χ1) is 12.2. The van der Waals surface area contributed by atoms with Gasteiger partial charge < -0.3 is 4.74 Å². The number of benzene rings is 2. The molecular formula is C19H22ClNO4S. The Morgan fingerprint density at radius 1 is 1.15 bits per heavy atom. The molecule has 2 aromatic rings. The van der Waals surface area contributed by atoms with Gasteiger partial charge in [-0.25, -0.2) is 13.2 Å². The number of ether oxygens (including phenoxy) is 1. The predicted molar refractivity (Wildman–Crippen MR) is 102 cm³/mol. The molecule has 5 nitrogen and oxygen atoms in total. The third-order valence-electron chi connectivity index (χ3n) is 3.66. The summed E-state index contributed by atoms with van der Waals surface area (Å²) in [7, 11) is -2.28. The Hall–Kier alpha value is -1.89. The Morgan fingerprint density at radius 3 is 2.42 bits per heavy atom. The molecule has 0 saturated carbocycles. The van der Waals surface area contributed by atoms with E-state index in [0.29, 0.717) is 0 Å². The molecule has 7 heteroatoms. The highest BCUT2D eigenvalue weighted by atomic mass is 35.5. The number of carbonyl (C=O) groups is 1. The van der Waals surface area contributed by atoms with Gasteiger partial charge in [-0.2, -0.15) is 4.31 Å². The minimum absolute atomic E-state index is 0.00294. The zero-order chi connectivity index (χ0) is 19.3. The van der Waals surface area contributed by atoms with Crippen molar-refractivity contribution in [3.05, 3.63) is 64.7 Å². The minimum atomic E-state index is -3.77. The van der Waals surface area contributed by atoms with E-state index < -0.39 is 16.0 Å². The van der Waals surface area contributed by atoms with Gasteiger partial charge in [0.15, 0.2) is 0 Å². The summed E-state index contributed by atoms with van der Waals surface area (Å²) in [5.41, 5.74) is 0.908. The van der Waals surface area contributed by atoms with Gasteiger partial charge in [-0.05, 0) is 29.7 Å². The van der Waals surface area contributed by atoms with Gasteiger partial charge in [0.1, 0.15) is 0 Å². The smallest absolute Gasteiger partial charge is 0.339 e. The number of carbonyl (C=O) groups excluding carboxylic acids is 1. The molecular weight excluding hydrogens is 374 g/mol. The van der Waals surface area contributed by atoms with E-state index in [1.165, 1.54) is 29.6 Å². The summed E-state index contributed by atoms with van der Waals surface area (Å²) in [5, 5.41) is 0.156. The summed E-state index contributed by atoms with van der Waals surface area (Å²) in [5.74, 6) is -0.465. The van der Waals surface area contributed by atoms with Crippen LogP contribution in [0, 0.1) is 5.92 Å². The van der Waals surface area contributed by atoms with Crippen LogP contribution in [0.3, 0.4) is 0 Å². The monoisotopic (exact) mass is 395 g/mol. The first kappa shape index (κ1) is 20.4. The molecule has 0 N–H and O–H groups in total. The molecule has 0 heterocycles. The number of hydrogen-bond acceptors (Lipinski definition) is 4. The summed E-state index contributed by atoms with van der Waals surface area (Å²) in [6.45, 7) is 4.28. The van der Waals surface area contributed by atoms with Gasteiger partial charge >= 0.3 is 5.97 Å². The van der Waals surface area contributed by atoms with E-state index in [9.17, 15) is 13.2 Å². The molecule has 140 valence electrons. The largest absolute Gasteiger partial charge is 0.462 e. The normalized spacial score (nSPS) is 11.8. The fraction of sp³-hybridized carbons (Fsp3) is 0.316. The van der Waals surface area contributed by atoms with Crippen LogP contribution in [0.1, 0.15) is 29.8 Å². The molecule has 0 radical (unpaired) electrons. The van der Waals surface area contributed by atoms with Gasteiger partial charge in [0.2, 0.25) is 10.0 Å². The topological polar surface area (TPSA) is 63.7 Å². The van der Waals surface area contributed by atoms with Crippen molar-refractivity contribution < 1.29 is 17.9 Å². The van der Waals surface area contributed by atoms with Crippen molar-refractivity contribution in [3.63, 3.8) is 0 Å². The lowest BCUT2D eigenvalue weighted by Crippen LogP contribution is -2.26. The molecule has 0 bridgehead atoms. The lowest BCUT2D eigenvalue weighted by atomic mass is 10.2. The SMILES string of the molecule is CC(C)COC(=O)c1cc(S(=O)(=O)N(C)Cc2ccccc2)ccc1Cl. The Kier molecular flexibility index (Phi) is 6.81. The fourth-order valence-electron chi connectivity index (χ4n) is 2.25. The molecule has 0 saturated heterocycles. The van der Waals surface area contributed by atoms with E-state index in [1.807, 2.05) is 44.2 Å². The van der Waals surface area contributed by atoms with Crippen LogP contribution in [-0.4, -0.2) is 32.3 Å². The highest BCUT2D eigenvalue weighted by molar-refractivity contribution is 7.89. The predicted octanol–water partition coefficient (Wildman–Crippen LogP) is 3.97. The molecule has 26 heavy (non-hydrogen) atoms. The summed E-state index contributed by atoms with van der Waals surface area (Å²) in [6, 6.07) is 13.3. The highest BCUT2D eigenvalue weighted by Crippen LogP contribution is 2.24. The zero-order valence-electron chi connectivity index (χ0n) is 15.0. The Morgan fingerprint density at radius 2 is 1.81 bits per heavy atom. The van der Waals surface area contributed by atoms with E-state index in [2.05, 4.69) is 0 Å². The van der Waals surface area contributed by atoms with Crippen LogP contribution in [0.25, 0.3) is 0 Å². The van der Waals surface area contributed by atoms with Gasteiger partial charge in [-0.1, -0.05) is 55.8 Å². The zero-order valence-corrected chi connectivity index (χ0v) is 16.5. The summed E-state index contributed by atoms with van der Waals surface area (Å²) in [4.78, 5) is 12.2. The van der Waals surface area contributed by atoms with Crippen molar-refractivity contribution in [3.8, 4) is 0 Å². The van der Waals surface area contributed by atoms with Crippen molar-refractivity contribution in [2.75, 3.05) is 13.7 Å². The van der Waals surface area contributed by atoms with Gasteiger partial charge in [0, 0.05) is 13.6 Å². The molecule has 0 fully saturated rings. The third kappa shape index (κ3) is 5.06. The van der Waals surface area contributed by atoms with Crippen LogP contribution in [0.4, 0.5) is 0 Å². The molecule has 2 aromatic carbocycles.